The molecule has 0 aromatic heterocycles. The Balaban J connectivity index is 1.53. The van der Waals surface area contributed by atoms with Crippen LogP contribution in [-0.2, 0) is 8.37 Å². The van der Waals surface area contributed by atoms with Gasteiger partial charge in [-0.1, -0.05) is 35.4 Å². The highest BCUT2D eigenvalue weighted by Crippen LogP contribution is 2.30. The molecule has 1 aliphatic heterocycles. The molecule has 3 nitrogen and oxygen atoms in total. The first kappa shape index (κ1) is 17.8. The van der Waals surface area contributed by atoms with Crippen molar-refractivity contribution >= 4 is 24.1 Å². The summed E-state index contributed by atoms with van der Waals surface area (Å²) in [4.78, 5) is 4.50. The van der Waals surface area contributed by atoms with E-state index < -0.39 is 0 Å². The van der Waals surface area contributed by atoms with E-state index in [1.54, 1.807) is 0 Å². The van der Waals surface area contributed by atoms with E-state index in [1.165, 1.54) is 35.2 Å². The molecular weight excluding hydrogens is 338 g/mol. The SMILES string of the molecule is Cc1ccc(SOC2CN(C)CC2OSc2ccc(C)cc2)cc1. The normalized spacial score (nSPS) is 21.3. The highest BCUT2D eigenvalue weighted by molar-refractivity contribution is 7.95. The average molecular weight is 362 g/mol. The maximum atomic E-state index is 6.06. The van der Waals surface area contributed by atoms with Gasteiger partial charge in [-0.05, 0) is 45.2 Å². The van der Waals surface area contributed by atoms with E-state index in [9.17, 15) is 0 Å². The zero-order valence-corrected chi connectivity index (χ0v) is 15.9. The maximum absolute atomic E-state index is 6.06. The molecule has 0 bridgehead atoms. The molecule has 2 unspecified atom stereocenters. The second-order valence-corrected chi connectivity index (χ2v) is 7.94. The van der Waals surface area contributed by atoms with Crippen LogP contribution in [0.25, 0.3) is 0 Å². The Morgan fingerprint density at radius 2 is 1.12 bits per heavy atom. The van der Waals surface area contributed by atoms with E-state index in [2.05, 4.69) is 74.3 Å². The molecule has 3 rings (SSSR count). The first-order valence-electron chi connectivity index (χ1n) is 8.09. The Kier molecular flexibility index (Phi) is 6.25. The molecule has 0 amide bonds. The number of hydrogen-bond acceptors (Lipinski definition) is 5. The first-order valence-corrected chi connectivity index (χ1v) is 9.57. The monoisotopic (exact) mass is 361 g/mol. The van der Waals surface area contributed by atoms with E-state index in [0.717, 1.165) is 22.9 Å². The van der Waals surface area contributed by atoms with E-state index in [0.29, 0.717) is 0 Å². The Morgan fingerprint density at radius 3 is 1.50 bits per heavy atom. The largest absolute Gasteiger partial charge is 0.303 e. The molecule has 24 heavy (non-hydrogen) atoms. The second-order valence-electron chi connectivity index (χ2n) is 6.28. The predicted octanol–water partition coefficient (Wildman–Crippen LogP) is 4.73. The molecule has 1 aliphatic rings. The molecule has 0 radical (unpaired) electrons. The van der Waals surface area contributed by atoms with Gasteiger partial charge in [0.05, 0.1) is 0 Å². The van der Waals surface area contributed by atoms with Crippen molar-refractivity contribution in [1.82, 2.24) is 4.90 Å². The Labute approximate surface area is 153 Å². The van der Waals surface area contributed by atoms with Crippen molar-refractivity contribution in [2.75, 3.05) is 20.1 Å². The number of likely N-dealkylation sites (N-methyl/N-ethyl adjacent to an activating group) is 1. The Morgan fingerprint density at radius 1 is 0.750 bits per heavy atom. The molecule has 2 aromatic rings. The van der Waals surface area contributed by atoms with E-state index >= 15 is 0 Å². The van der Waals surface area contributed by atoms with E-state index in [4.69, 9.17) is 8.37 Å². The van der Waals surface area contributed by atoms with Gasteiger partial charge in [0.1, 0.15) is 12.2 Å². The lowest BCUT2D eigenvalue weighted by Crippen LogP contribution is -2.26. The van der Waals surface area contributed by atoms with Crippen LogP contribution in [0.2, 0.25) is 0 Å². The third-order valence-corrected chi connectivity index (χ3v) is 5.59. The van der Waals surface area contributed by atoms with Gasteiger partial charge < -0.3 is 13.3 Å². The van der Waals surface area contributed by atoms with Crippen LogP contribution in [0, 0.1) is 13.8 Å². The summed E-state index contributed by atoms with van der Waals surface area (Å²) in [5.74, 6) is 0. The fraction of sp³-hybridized carbons (Fsp3) is 0.368. The summed E-state index contributed by atoms with van der Waals surface area (Å²) in [7, 11) is 2.10. The lowest BCUT2D eigenvalue weighted by molar-refractivity contribution is 0.126. The van der Waals surface area contributed by atoms with Crippen molar-refractivity contribution in [3.63, 3.8) is 0 Å². The zero-order valence-electron chi connectivity index (χ0n) is 14.3. The number of likely N-dealkylation sites (tertiary alicyclic amines) is 1. The molecule has 0 aliphatic carbocycles. The van der Waals surface area contributed by atoms with E-state index in [-0.39, 0.29) is 12.2 Å². The Hall–Kier alpha value is -0.980. The van der Waals surface area contributed by atoms with Crippen molar-refractivity contribution in [2.24, 2.45) is 0 Å². The van der Waals surface area contributed by atoms with Crippen molar-refractivity contribution in [3.8, 4) is 0 Å². The smallest absolute Gasteiger partial charge is 0.114 e. The summed E-state index contributed by atoms with van der Waals surface area (Å²) in [6, 6.07) is 16.8. The molecule has 1 heterocycles. The van der Waals surface area contributed by atoms with Gasteiger partial charge in [-0.25, -0.2) is 0 Å². The molecule has 0 saturated carbocycles. The molecular formula is C19H23NO2S2. The van der Waals surface area contributed by atoms with Gasteiger partial charge in [-0.15, -0.1) is 0 Å². The van der Waals surface area contributed by atoms with Crippen molar-refractivity contribution in [2.45, 2.75) is 35.8 Å². The fourth-order valence-electron chi connectivity index (χ4n) is 2.53. The highest BCUT2D eigenvalue weighted by atomic mass is 32.2. The summed E-state index contributed by atoms with van der Waals surface area (Å²) in [5.41, 5.74) is 2.52. The first-order chi connectivity index (χ1) is 11.6. The lowest BCUT2D eigenvalue weighted by Gasteiger charge is -2.17. The zero-order chi connectivity index (χ0) is 16.9. The number of aryl methyl sites for hydroxylation is 2. The molecule has 1 saturated heterocycles. The second kappa shape index (κ2) is 8.41. The van der Waals surface area contributed by atoms with Crippen LogP contribution in [0.1, 0.15) is 11.1 Å². The number of benzene rings is 2. The molecule has 2 aromatic carbocycles. The summed E-state index contributed by atoms with van der Waals surface area (Å²) in [6.07, 6.45) is 0.138. The van der Waals surface area contributed by atoms with Gasteiger partial charge in [0.15, 0.2) is 0 Å². The van der Waals surface area contributed by atoms with Crippen LogP contribution in [0.15, 0.2) is 58.3 Å². The van der Waals surface area contributed by atoms with Crippen molar-refractivity contribution in [3.05, 3.63) is 59.7 Å². The third kappa shape index (κ3) is 5.01. The van der Waals surface area contributed by atoms with Crippen LogP contribution in [-0.4, -0.2) is 37.2 Å². The van der Waals surface area contributed by atoms with Crippen LogP contribution >= 0.6 is 24.1 Å². The number of hydrogen-bond donors (Lipinski definition) is 0. The van der Waals surface area contributed by atoms with Gasteiger partial charge in [-0.2, -0.15) is 0 Å². The third-order valence-electron chi connectivity index (χ3n) is 3.98. The highest BCUT2D eigenvalue weighted by Gasteiger charge is 2.33. The van der Waals surface area contributed by atoms with Crippen LogP contribution in [0.3, 0.4) is 0 Å². The maximum Gasteiger partial charge on any atom is 0.114 e. The summed E-state index contributed by atoms with van der Waals surface area (Å²) in [6.45, 7) is 5.96. The van der Waals surface area contributed by atoms with Gasteiger partial charge in [0.2, 0.25) is 0 Å². The van der Waals surface area contributed by atoms with Crippen LogP contribution < -0.4 is 0 Å². The lowest BCUT2D eigenvalue weighted by atomic mass is 10.2. The molecule has 5 heteroatoms. The minimum atomic E-state index is 0.0688. The van der Waals surface area contributed by atoms with Crippen LogP contribution in [0.5, 0.6) is 0 Å². The number of nitrogens with zero attached hydrogens (tertiary/aromatic N) is 1. The molecule has 128 valence electrons. The summed E-state index contributed by atoms with van der Waals surface area (Å²) in [5, 5.41) is 0. The van der Waals surface area contributed by atoms with Gasteiger partial charge in [0.25, 0.3) is 0 Å². The van der Waals surface area contributed by atoms with E-state index in [1.807, 2.05) is 0 Å². The van der Waals surface area contributed by atoms with Crippen LogP contribution in [0.4, 0.5) is 0 Å². The minimum Gasteiger partial charge on any atom is -0.303 e. The minimum absolute atomic E-state index is 0.0688. The molecule has 0 N–H and O–H groups in total. The fourth-order valence-corrected chi connectivity index (χ4v) is 3.86. The Bertz CT molecular complexity index is 588. The topological polar surface area (TPSA) is 21.7 Å². The number of rotatable bonds is 6. The summed E-state index contributed by atoms with van der Waals surface area (Å²) >= 11 is 2.88. The van der Waals surface area contributed by atoms with Gasteiger partial charge in [-0.3, -0.25) is 0 Å². The van der Waals surface area contributed by atoms with Gasteiger partial charge in [0, 0.05) is 47.0 Å². The standard InChI is InChI=1S/C19H23NO2S2/c1-14-4-8-16(9-5-14)23-21-18-12-20(3)13-19(18)22-24-17-10-6-15(2)7-11-17/h4-11,18-19H,12-13H2,1-3H3. The summed E-state index contributed by atoms with van der Waals surface area (Å²) < 4.78 is 12.1. The van der Waals surface area contributed by atoms with Crippen molar-refractivity contribution in [1.29, 1.82) is 0 Å². The van der Waals surface area contributed by atoms with Crippen molar-refractivity contribution < 1.29 is 8.37 Å². The quantitative estimate of drug-likeness (QED) is 0.691. The van der Waals surface area contributed by atoms with Gasteiger partial charge >= 0.3 is 0 Å². The molecule has 2 atom stereocenters. The molecule has 0 spiro atoms. The predicted molar refractivity (Wildman–Crippen MR) is 101 cm³/mol. The molecule has 1 fully saturated rings. The average Bonchev–Trinajstić information content (AvgIpc) is 2.94.